The molecule has 17 heavy (non-hydrogen) atoms. The lowest BCUT2D eigenvalue weighted by molar-refractivity contribution is 0.581. The van der Waals surface area contributed by atoms with E-state index in [0.717, 1.165) is 30.4 Å². The van der Waals surface area contributed by atoms with Gasteiger partial charge in [-0.15, -0.1) is 0 Å². The van der Waals surface area contributed by atoms with Crippen LogP contribution in [0.25, 0.3) is 10.9 Å². The molecule has 0 aliphatic carbocycles. The maximum Gasteiger partial charge on any atom is 0.147 e. The van der Waals surface area contributed by atoms with Crippen molar-refractivity contribution in [2.75, 3.05) is 13.1 Å². The summed E-state index contributed by atoms with van der Waals surface area (Å²) in [4.78, 5) is 0. The lowest BCUT2D eigenvalue weighted by Gasteiger charge is -2.06. The molecule has 90 valence electrons. The smallest absolute Gasteiger partial charge is 0.147 e. The van der Waals surface area contributed by atoms with E-state index in [4.69, 9.17) is 0 Å². The third-order valence-corrected chi connectivity index (χ3v) is 3.71. The van der Waals surface area contributed by atoms with Crippen LogP contribution in [0.15, 0.2) is 24.4 Å². The molecule has 1 fully saturated rings. The zero-order chi connectivity index (χ0) is 11.8. The van der Waals surface area contributed by atoms with Crippen molar-refractivity contribution in [2.24, 2.45) is 13.0 Å². The fourth-order valence-corrected chi connectivity index (χ4v) is 2.86. The van der Waals surface area contributed by atoms with Crippen LogP contribution in [0.3, 0.4) is 0 Å². The number of hydrogen-bond acceptors (Lipinski definition) is 1. The normalized spacial score (nSPS) is 20.2. The van der Waals surface area contributed by atoms with Crippen molar-refractivity contribution in [3.05, 3.63) is 35.8 Å². The van der Waals surface area contributed by atoms with Gasteiger partial charge in [-0.05, 0) is 43.5 Å². The molecule has 0 bridgehead atoms. The van der Waals surface area contributed by atoms with Crippen LogP contribution in [0.2, 0.25) is 0 Å². The minimum absolute atomic E-state index is 0.124. The second kappa shape index (κ2) is 4.15. The van der Waals surface area contributed by atoms with Gasteiger partial charge in [0.15, 0.2) is 0 Å². The predicted octanol–water partition coefficient (Wildman–Crippen LogP) is 2.47. The number of hydrogen-bond donors (Lipinski definition) is 1. The Labute approximate surface area is 100 Å². The van der Waals surface area contributed by atoms with Crippen LogP contribution in [0.5, 0.6) is 0 Å². The molecular formula is C14H17FN2. The van der Waals surface area contributed by atoms with Crippen molar-refractivity contribution in [3.8, 4) is 0 Å². The summed E-state index contributed by atoms with van der Waals surface area (Å²) in [6, 6.07) is 5.35. The molecule has 3 rings (SSSR count). The number of nitrogens with one attached hydrogen (secondary N) is 1. The molecule has 0 saturated carbocycles. The number of benzene rings is 1. The highest BCUT2D eigenvalue weighted by atomic mass is 19.1. The Hall–Kier alpha value is -1.35. The molecule has 0 radical (unpaired) electrons. The van der Waals surface area contributed by atoms with Crippen molar-refractivity contribution in [1.82, 2.24) is 9.88 Å². The minimum atomic E-state index is -0.124. The molecule has 1 aliphatic heterocycles. The second-order valence-corrected chi connectivity index (χ2v) is 4.96. The Morgan fingerprint density at radius 2 is 2.35 bits per heavy atom. The summed E-state index contributed by atoms with van der Waals surface area (Å²) in [5, 5.41) is 4.45. The molecule has 1 aromatic carbocycles. The van der Waals surface area contributed by atoms with Gasteiger partial charge >= 0.3 is 0 Å². The van der Waals surface area contributed by atoms with E-state index in [2.05, 4.69) is 11.5 Å². The van der Waals surface area contributed by atoms with Gasteiger partial charge in [0.05, 0.1) is 5.52 Å². The molecule has 0 spiro atoms. The summed E-state index contributed by atoms with van der Waals surface area (Å²) in [5.74, 6) is 0.574. The van der Waals surface area contributed by atoms with E-state index in [-0.39, 0.29) is 5.82 Å². The highest BCUT2D eigenvalue weighted by molar-refractivity contribution is 5.84. The van der Waals surface area contributed by atoms with Crippen LogP contribution in [-0.2, 0) is 13.5 Å². The number of halogens is 1. The Morgan fingerprint density at radius 1 is 1.47 bits per heavy atom. The van der Waals surface area contributed by atoms with Crippen LogP contribution in [-0.4, -0.2) is 17.7 Å². The molecule has 1 unspecified atom stereocenters. The number of nitrogens with zero attached hydrogens (tertiary/aromatic N) is 1. The zero-order valence-electron chi connectivity index (χ0n) is 10.0. The summed E-state index contributed by atoms with van der Waals surface area (Å²) in [7, 11) is 1.92. The molecule has 1 aromatic heterocycles. The van der Waals surface area contributed by atoms with E-state index in [1.807, 2.05) is 17.7 Å². The second-order valence-electron chi connectivity index (χ2n) is 4.96. The van der Waals surface area contributed by atoms with Gasteiger partial charge in [0.1, 0.15) is 5.82 Å². The first kappa shape index (κ1) is 10.8. The number of fused-ring (bicyclic) bond motifs is 1. The Kier molecular flexibility index (Phi) is 2.63. The Balaban J connectivity index is 2.01. The van der Waals surface area contributed by atoms with Gasteiger partial charge in [0, 0.05) is 18.6 Å². The highest BCUT2D eigenvalue weighted by Crippen LogP contribution is 2.26. The third-order valence-electron chi connectivity index (χ3n) is 3.71. The molecule has 1 aliphatic rings. The van der Waals surface area contributed by atoms with Gasteiger partial charge in [-0.3, -0.25) is 0 Å². The molecule has 2 heterocycles. The number of aryl methyl sites for hydroxylation is 1. The van der Waals surface area contributed by atoms with E-state index >= 15 is 0 Å². The molecule has 1 atom stereocenters. The Morgan fingerprint density at radius 3 is 3.12 bits per heavy atom. The summed E-state index contributed by atoms with van der Waals surface area (Å²) in [6.45, 7) is 2.20. The minimum Gasteiger partial charge on any atom is -0.348 e. The standard InChI is InChI=1S/C14H17FN2/c1-17-9-11(7-10-5-6-16-8-10)12-3-2-4-13(15)14(12)17/h2-4,9-10,16H,5-8H2,1H3. The lowest BCUT2D eigenvalue weighted by Crippen LogP contribution is -2.10. The first-order valence-corrected chi connectivity index (χ1v) is 6.19. The van der Waals surface area contributed by atoms with Crippen LogP contribution in [0.1, 0.15) is 12.0 Å². The summed E-state index contributed by atoms with van der Waals surface area (Å²) < 4.78 is 15.6. The monoisotopic (exact) mass is 232 g/mol. The van der Waals surface area contributed by atoms with Crippen molar-refractivity contribution in [1.29, 1.82) is 0 Å². The van der Waals surface area contributed by atoms with Crippen LogP contribution in [0.4, 0.5) is 4.39 Å². The lowest BCUT2D eigenvalue weighted by atomic mass is 9.98. The fourth-order valence-electron chi connectivity index (χ4n) is 2.86. The van der Waals surface area contributed by atoms with Gasteiger partial charge in [-0.25, -0.2) is 4.39 Å². The van der Waals surface area contributed by atoms with E-state index in [1.54, 1.807) is 6.07 Å². The van der Waals surface area contributed by atoms with Gasteiger partial charge < -0.3 is 9.88 Å². The van der Waals surface area contributed by atoms with Crippen molar-refractivity contribution >= 4 is 10.9 Å². The van der Waals surface area contributed by atoms with Gasteiger partial charge in [-0.2, -0.15) is 0 Å². The van der Waals surface area contributed by atoms with E-state index in [9.17, 15) is 4.39 Å². The van der Waals surface area contributed by atoms with Gasteiger partial charge in [0.2, 0.25) is 0 Å². The van der Waals surface area contributed by atoms with Gasteiger partial charge in [-0.1, -0.05) is 12.1 Å². The van der Waals surface area contributed by atoms with Crippen LogP contribution >= 0.6 is 0 Å². The van der Waals surface area contributed by atoms with E-state index < -0.39 is 0 Å². The summed E-state index contributed by atoms with van der Waals surface area (Å²) in [6.07, 6.45) is 4.35. The van der Waals surface area contributed by atoms with Crippen molar-refractivity contribution in [3.63, 3.8) is 0 Å². The van der Waals surface area contributed by atoms with E-state index in [0.29, 0.717) is 5.92 Å². The average Bonchev–Trinajstić information content (AvgIpc) is 2.90. The first-order chi connectivity index (χ1) is 8.25. The molecule has 2 nitrogen and oxygen atoms in total. The van der Waals surface area contributed by atoms with Crippen molar-refractivity contribution in [2.45, 2.75) is 12.8 Å². The molecule has 0 amide bonds. The zero-order valence-corrected chi connectivity index (χ0v) is 10.0. The van der Waals surface area contributed by atoms with Crippen molar-refractivity contribution < 1.29 is 4.39 Å². The summed E-state index contributed by atoms with van der Waals surface area (Å²) in [5.41, 5.74) is 2.00. The van der Waals surface area contributed by atoms with Crippen LogP contribution < -0.4 is 5.32 Å². The van der Waals surface area contributed by atoms with Crippen LogP contribution in [0, 0.1) is 11.7 Å². The van der Waals surface area contributed by atoms with E-state index in [1.165, 1.54) is 18.1 Å². The maximum atomic E-state index is 13.7. The number of aromatic nitrogens is 1. The summed E-state index contributed by atoms with van der Waals surface area (Å²) >= 11 is 0. The number of para-hydroxylation sites is 1. The maximum absolute atomic E-state index is 13.7. The quantitative estimate of drug-likeness (QED) is 0.841. The van der Waals surface area contributed by atoms with Gasteiger partial charge in [0.25, 0.3) is 0 Å². The molecule has 1 saturated heterocycles. The largest absolute Gasteiger partial charge is 0.348 e. The fraction of sp³-hybridized carbons (Fsp3) is 0.429. The topological polar surface area (TPSA) is 17.0 Å². The molecular weight excluding hydrogens is 215 g/mol. The SMILES string of the molecule is Cn1cc(CC2CCNC2)c2cccc(F)c21. The Bertz CT molecular complexity index is 538. The highest BCUT2D eigenvalue weighted by Gasteiger charge is 2.18. The molecule has 1 N–H and O–H groups in total. The third kappa shape index (κ3) is 1.84. The first-order valence-electron chi connectivity index (χ1n) is 6.19. The molecule has 2 aromatic rings. The number of rotatable bonds is 2. The molecule has 3 heteroatoms. The predicted molar refractivity (Wildman–Crippen MR) is 67.6 cm³/mol. The average molecular weight is 232 g/mol.